The number of allylic oxidation sites excluding steroid dienone is 1. The first kappa shape index (κ1) is 16.0. The molecule has 0 saturated carbocycles. The van der Waals surface area contributed by atoms with Gasteiger partial charge in [0, 0.05) is 6.54 Å². The number of rotatable bonds is 3. The highest BCUT2D eigenvalue weighted by molar-refractivity contribution is 8.26. The van der Waals surface area contributed by atoms with Gasteiger partial charge >= 0.3 is 0 Å². The second-order valence-electron chi connectivity index (χ2n) is 4.37. The molecule has 0 aliphatic carbocycles. The smallest absolute Gasteiger partial charge is 0.266 e. The normalized spacial score (nSPS) is 15.6. The molecule has 1 aromatic carbocycles. The zero-order valence-corrected chi connectivity index (χ0v) is 13.4. The second-order valence-corrected chi connectivity index (χ2v) is 6.05. The van der Waals surface area contributed by atoms with E-state index in [0.29, 0.717) is 15.8 Å². The Bertz CT molecular complexity index is 748. The molecule has 22 heavy (non-hydrogen) atoms. The molecular formula is C16H11N3OS2. The Hall–Kier alpha value is -2.41. The summed E-state index contributed by atoms with van der Waals surface area (Å²) in [4.78, 5) is 14.3. The number of carbonyl (C=O) groups excluding carboxylic acids is 1. The van der Waals surface area contributed by atoms with Gasteiger partial charge in [0.05, 0.1) is 4.91 Å². The predicted octanol–water partition coefficient (Wildman–Crippen LogP) is 3.34. The van der Waals surface area contributed by atoms with Crippen LogP contribution in [0.2, 0.25) is 0 Å². The Morgan fingerprint density at radius 3 is 2.36 bits per heavy atom. The summed E-state index contributed by atoms with van der Waals surface area (Å²) in [7, 11) is 0. The van der Waals surface area contributed by atoms with Gasteiger partial charge in [0.25, 0.3) is 5.91 Å². The lowest BCUT2D eigenvalue weighted by Gasteiger charge is -2.09. The van der Waals surface area contributed by atoms with Crippen LogP contribution in [0.4, 0.5) is 0 Å². The Balaban J connectivity index is 2.23. The summed E-state index contributed by atoms with van der Waals surface area (Å²) in [6, 6.07) is 10.9. The van der Waals surface area contributed by atoms with E-state index in [9.17, 15) is 4.79 Å². The number of benzene rings is 1. The van der Waals surface area contributed by atoms with Crippen molar-refractivity contribution in [2.24, 2.45) is 0 Å². The van der Waals surface area contributed by atoms with Gasteiger partial charge in [-0.2, -0.15) is 10.5 Å². The number of thiocarbonyl (C=S) groups is 1. The summed E-state index contributed by atoms with van der Waals surface area (Å²) in [5.74, 6) is -0.0716. The Morgan fingerprint density at radius 2 is 1.86 bits per heavy atom. The summed E-state index contributed by atoms with van der Waals surface area (Å²) in [5, 5.41) is 17.5. The fraction of sp³-hybridized carbons (Fsp3) is 0.125. The van der Waals surface area contributed by atoms with E-state index in [0.717, 1.165) is 11.1 Å². The summed E-state index contributed by atoms with van der Waals surface area (Å²) in [5.41, 5.74) is 1.68. The summed E-state index contributed by atoms with van der Waals surface area (Å²) >= 11 is 6.46. The van der Waals surface area contributed by atoms with Gasteiger partial charge in [0.1, 0.15) is 22.0 Å². The van der Waals surface area contributed by atoms with Gasteiger partial charge in [-0.3, -0.25) is 9.69 Å². The third-order valence-electron chi connectivity index (χ3n) is 2.98. The molecule has 1 amide bonds. The van der Waals surface area contributed by atoms with Crippen molar-refractivity contribution in [3.05, 3.63) is 45.9 Å². The maximum absolute atomic E-state index is 12.1. The van der Waals surface area contributed by atoms with Gasteiger partial charge in [0.2, 0.25) is 0 Å². The zero-order valence-electron chi connectivity index (χ0n) is 11.7. The van der Waals surface area contributed by atoms with E-state index in [1.807, 2.05) is 31.2 Å². The maximum atomic E-state index is 12.1. The van der Waals surface area contributed by atoms with Crippen molar-refractivity contribution >= 4 is 46.4 Å². The molecule has 2 rings (SSSR count). The molecule has 0 unspecified atom stereocenters. The molecule has 0 N–H and O–H groups in total. The van der Waals surface area contributed by atoms with E-state index in [1.165, 1.54) is 17.8 Å². The molecule has 1 heterocycles. The van der Waals surface area contributed by atoms with Crippen molar-refractivity contribution in [2.45, 2.75) is 6.92 Å². The van der Waals surface area contributed by atoms with Crippen LogP contribution in [0.25, 0.3) is 12.2 Å². The molecule has 0 spiro atoms. The van der Waals surface area contributed by atoms with E-state index in [4.69, 9.17) is 22.7 Å². The Labute approximate surface area is 138 Å². The highest BCUT2D eigenvalue weighted by atomic mass is 32.2. The van der Waals surface area contributed by atoms with Gasteiger partial charge < -0.3 is 0 Å². The third kappa shape index (κ3) is 3.43. The summed E-state index contributed by atoms with van der Waals surface area (Å²) in [6.07, 6.45) is 3.30. The lowest BCUT2D eigenvalue weighted by atomic mass is 10.1. The number of carbonyl (C=O) groups is 1. The van der Waals surface area contributed by atoms with Crippen LogP contribution in [0.1, 0.15) is 18.1 Å². The van der Waals surface area contributed by atoms with Crippen molar-refractivity contribution < 1.29 is 4.79 Å². The molecule has 108 valence electrons. The van der Waals surface area contributed by atoms with Gasteiger partial charge in [-0.15, -0.1) is 0 Å². The van der Waals surface area contributed by atoms with Gasteiger partial charge in [-0.1, -0.05) is 48.2 Å². The molecular weight excluding hydrogens is 314 g/mol. The average molecular weight is 325 g/mol. The van der Waals surface area contributed by atoms with Crippen LogP contribution in [0.15, 0.2) is 34.7 Å². The fourth-order valence-electron chi connectivity index (χ4n) is 1.87. The Kier molecular flexibility index (Phi) is 5.11. The molecule has 1 fully saturated rings. The van der Waals surface area contributed by atoms with E-state index in [1.54, 1.807) is 23.1 Å². The van der Waals surface area contributed by atoms with Crippen molar-refractivity contribution in [1.82, 2.24) is 4.90 Å². The quantitative estimate of drug-likeness (QED) is 0.484. The molecule has 1 saturated heterocycles. The number of thioether (sulfide) groups is 1. The van der Waals surface area contributed by atoms with Crippen LogP contribution in [0.3, 0.4) is 0 Å². The van der Waals surface area contributed by atoms with Crippen LogP contribution in [-0.2, 0) is 4.79 Å². The molecule has 0 atom stereocenters. The number of amides is 1. The second kappa shape index (κ2) is 7.04. The number of hydrogen-bond donors (Lipinski definition) is 0. The first-order valence-electron chi connectivity index (χ1n) is 6.46. The largest absolute Gasteiger partial charge is 0.293 e. The SMILES string of the molecule is CCN1C(=O)C(=Cc2ccc(C=C(C#N)C#N)cc2)SC1=S. The molecule has 4 nitrogen and oxygen atoms in total. The van der Waals surface area contributed by atoms with Crippen LogP contribution >= 0.6 is 24.0 Å². The fourth-order valence-corrected chi connectivity index (χ4v) is 3.25. The highest BCUT2D eigenvalue weighted by Gasteiger charge is 2.30. The summed E-state index contributed by atoms with van der Waals surface area (Å²) in [6.45, 7) is 2.45. The van der Waals surface area contributed by atoms with Crippen LogP contribution in [0.5, 0.6) is 0 Å². The minimum Gasteiger partial charge on any atom is -0.293 e. The first-order valence-corrected chi connectivity index (χ1v) is 7.69. The van der Waals surface area contributed by atoms with Gasteiger partial charge in [-0.05, 0) is 30.2 Å². The molecule has 0 radical (unpaired) electrons. The molecule has 0 aromatic heterocycles. The monoisotopic (exact) mass is 325 g/mol. The average Bonchev–Trinajstić information content (AvgIpc) is 2.80. The van der Waals surface area contributed by atoms with Gasteiger partial charge in [0.15, 0.2) is 0 Å². The maximum Gasteiger partial charge on any atom is 0.266 e. The zero-order chi connectivity index (χ0) is 16.1. The van der Waals surface area contributed by atoms with Crippen LogP contribution in [-0.4, -0.2) is 21.7 Å². The minimum absolute atomic E-state index is 0.0524. The molecule has 1 aliphatic heterocycles. The molecule has 1 aromatic rings. The van der Waals surface area contributed by atoms with E-state index < -0.39 is 0 Å². The van der Waals surface area contributed by atoms with E-state index in [-0.39, 0.29) is 11.5 Å². The van der Waals surface area contributed by atoms with Crippen molar-refractivity contribution in [1.29, 1.82) is 10.5 Å². The highest BCUT2D eigenvalue weighted by Crippen LogP contribution is 2.32. The number of likely N-dealkylation sites (N-methyl/N-ethyl adjacent to an activating group) is 1. The van der Waals surface area contributed by atoms with E-state index in [2.05, 4.69) is 0 Å². The minimum atomic E-state index is -0.0716. The lowest BCUT2D eigenvalue weighted by molar-refractivity contribution is -0.121. The van der Waals surface area contributed by atoms with Gasteiger partial charge in [-0.25, -0.2) is 0 Å². The molecule has 6 heteroatoms. The van der Waals surface area contributed by atoms with Crippen molar-refractivity contribution in [2.75, 3.05) is 6.54 Å². The van der Waals surface area contributed by atoms with Crippen LogP contribution < -0.4 is 0 Å². The predicted molar refractivity (Wildman–Crippen MR) is 91.2 cm³/mol. The lowest BCUT2D eigenvalue weighted by Crippen LogP contribution is -2.27. The molecule has 1 aliphatic rings. The van der Waals surface area contributed by atoms with Crippen molar-refractivity contribution in [3.8, 4) is 12.1 Å². The topological polar surface area (TPSA) is 67.9 Å². The first-order chi connectivity index (χ1) is 10.6. The third-order valence-corrected chi connectivity index (χ3v) is 4.35. The van der Waals surface area contributed by atoms with Crippen LogP contribution in [0, 0.1) is 22.7 Å². The number of hydrogen-bond acceptors (Lipinski definition) is 5. The van der Waals surface area contributed by atoms with E-state index >= 15 is 0 Å². The number of nitriles is 2. The molecule has 0 bridgehead atoms. The standard InChI is InChI=1S/C16H11N3OS2/c1-2-19-15(20)14(22-16(19)21)8-12-5-3-11(4-6-12)7-13(9-17)10-18/h3-8H,2H2,1H3. The number of nitrogens with zero attached hydrogens (tertiary/aromatic N) is 3. The summed E-state index contributed by atoms with van der Waals surface area (Å²) < 4.78 is 0.575. The van der Waals surface area contributed by atoms with Crippen molar-refractivity contribution in [3.63, 3.8) is 0 Å². The Morgan fingerprint density at radius 1 is 1.27 bits per heavy atom.